The van der Waals surface area contributed by atoms with Crippen molar-refractivity contribution >= 4 is 37.1 Å². The molecule has 0 N–H and O–H groups in total. The van der Waals surface area contributed by atoms with Crippen LogP contribution < -0.4 is 0 Å². The predicted octanol–water partition coefficient (Wildman–Crippen LogP) is 13.4. The van der Waals surface area contributed by atoms with Gasteiger partial charge in [-0.1, -0.05) is 131 Å². The monoisotopic (exact) mass is 642 g/mol. The fraction of sp³-hybridized carbons (Fsp3) is 0.319. The number of thiophene rings is 1. The fourth-order valence-corrected chi connectivity index (χ4v) is 11.3. The highest BCUT2D eigenvalue weighted by Crippen LogP contribution is 2.57. The Morgan fingerprint density at radius 3 is 2.44 bits per heavy atom. The highest BCUT2D eigenvalue weighted by molar-refractivity contribution is 7.26. The second-order valence-corrected chi connectivity index (χ2v) is 17.0. The van der Waals surface area contributed by atoms with E-state index >= 15 is 0 Å². The normalized spacial score (nSPS) is 25.7. The van der Waals surface area contributed by atoms with E-state index in [2.05, 4.69) is 145 Å². The summed E-state index contributed by atoms with van der Waals surface area (Å²) in [7, 11) is 0. The molecule has 0 radical (unpaired) electrons. The molecule has 5 aromatic rings. The minimum absolute atomic E-state index is 0.00972. The summed E-state index contributed by atoms with van der Waals surface area (Å²) < 4.78 is 2.82. The lowest BCUT2D eigenvalue weighted by Crippen LogP contribution is -2.37. The van der Waals surface area contributed by atoms with Crippen LogP contribution in [0.2, 0.25) is 0 Å². The molecule has 5 atom stereocenters. The first-order valence-electron chi connectivity index (χ1n) is 18.2. The first-order valence-corrected chi connectivity index (χ1v) is 19.0. The Hall–Kier alpha value is -3.94. The standard InChI is InChI=1S/C47H46S/c1-27-17-19-32(28(2)23-27)31-18-22-44-41(26-31)38-14-9-13-37(46(38)48-44)40-25-29(3)39(24-30(40)4)33-20-21-36-34-11-7-8-15-42(34)47(5,6)43-16-10-12-35(33)45(36)43/h7-16,18,20-22,24-28,32,36,45H,17,19,23H2,1-6H3/t27-,28-,32?,36?,45?/m0/s1. The van der Waals surface area contributed by atoms with Crippen molar-refractivity contribution in [1.82, 2.24) is 0 Å². The maximum Gasteiger partial charge on any atom is 0.0433 e. The van der Waals surface area contributed by atoms with Crippen LogP contribution >= 0.6 is 11.3 Å². The van der Waals surface area contributed by atoms with Crippen molar-refractivity contribution in [3.05, 3.63) is 148 Å². The Kier molecular flexibility index (Phi) is 6.93. The number of fused-ring (bicyclic) bond motifs is 5. The second kappa shape index (κ2) is 11.0. The largest absolute Gasteiger partial charge is 0.135 e. The van der Waals surface area contributed by atoms with Crippen LogP contribution in [0.1, 0.15) is 92.2 Å². The zero-order valence-electron chi connectivity index (χ0n) is 29.2. The van der Waals surface area contributed by atoms with Gasteiger partial charge in [-0.25, -0.2) is 0 Å². The average Bonchev–Trinajstić information content (AvgIpc) is 3.46. The summed E-state index contributed by atoms with van der Waals surface area (Å²) in [6.45, 7) is 14.4. The lowest BCUT2D eigenvalue weighted by Gasteiger charge is -2.47. The van der Waals surface area contributed by atoms with Crippen molar-refractivity contribution < 1.29 is 0 Å². The minimum Gasteiger partial charge on any atom is -0.135 e. The van der Waals surface area contributed by atoms with Gasteiger partial charge in [0.25, 0.3) is 0 Å². The zero-order chi connectivity index (χ0) is 32.9. The average molecular weight is 643 g/mol. The van der Waals surface area contributed by atoms with E-state index < -0.39 is 0 Å². The van der Waals surface area contributed by atoms with E-state index in [1.165, 1.54) is 89.5 Å². The van der Waals surface area contributed by atoms with Gasteiger partial charge in [-0.3, -0.25) is 0 Å². The SMILES string of the molecule is Cc1cc(-c2cccc3c2sc2ccc(C4CC[C@H](C)C[C@@H]4C)cc23)c(C)cc1C1=C2C=CC=C3C2C(C=C1)c1ccccc1C3(C)C. The number of benzene rings is 4. The summed E-state index contributed by atoms with van der Waals surface area (Å²) in [5.41, 5.74) is 15.7. The number of hydrogen-bond acceptors (Lipinski definition) is 1. The van der Waals surface area contributed by atoms with Crippen molar-refractivity contribution in [2.45, 2.75) is 78.1 Å². The Balaban J connectivity index is 1.13. The van der Waals surface area contributed by atoms with Gasteiger partial charge in [0.2, 0.25) is 0 Å². The van der Waals surface area contributed by atoms with E-state index in [0.29, 0.717) is 17.8 Å². The van der Waals surface area contributed by atoms with Crippen LogP contribution in [0.4, 0.5) is 0 Å². The van der Waals surface area contributed by atoms with Crippen LogP contribution in [-0.2, 0) is 5.41 Å². The van der Waals surface area contributed by atoms with Gasteiger partial charge in [0, 0.05) is 37.4 Å². The highest BCUT2D eigenvalue weighted by atomic mass is 32.1. The summed E-state index contributed by atoms with van der Waals surface area (Å²) in [5, 5.41) is 2.84. The number of rotatable bonds is 3. The summed E-state index contributed by atoms with van der Waals surface area (Å²) in [6, 6.07) is 28.4. The maximum atomic E-state index is 2.54. The molecule has 4 aliphatic rings. The molecule has 1 heteroatoms. The van der Waals surface area contributed by atoms with Crippen molar-refractivity contribution in [3.63, 3.8) is 0 Å². The first kappa shape index (κ1) is 30.1. The molecule has 48 heavy (non-hydrogen) atoms. The molecule has 1 fully saturated rings. The van der Waals surface area contributed by atoms with Crippen molar-refractivity contribution in [2.24, 2.45) is 17.8 Å². The molecule has 3 unspecified atom stereocenters. The van der Waals surface area contributed by atoms with Crippen LogP contribution in [0.25, 0.3) is 36.9 Å². The molecule has 0 nitrogen and oxygen atoms in total. The van der Waals surface area contributed by atoms with Crippen LogP contribution in [0, 0.1) is 31.6 Å². The van der Waals surface area contributed by atoms with Gasteiger partial charge in [-0.05, 0) is 112 Å². The van der Waals surface area contributed by atoms with Crippen molar-refractivity contribution in [1.29, 1.82) is 0 Å². The molecule has 1 saturated carbocycles. The lowest BCUT2D eigenvalue weighted by atomic mass is 9.56. The molecule has 0 aliphatic heterocycles. The van der Waals surface area contributed by atoms with Gasteiger partial charge >= 0.3 is 0 Å². The Bertz CT molecular complexity index is 2260. The molecule has 0 amide bonds. The molecule has 0 bridgehead atoms. The van der Waals surface area contributed by atoms with E-state index in [1.807, 2.05) is 11.3 Å². The van der Waals surface area contributed by atoms with Crippen molar-refractivity contribution in [3.8, 4) is 11.1 Å². The predicted molar refractivity (Wildman–Crippen MR) is 208 cm³/mol. The van der Waals surface area contributed by atoms with Gasteiger partial charge in [0.05, 0.1) is 0 Å². The summed E-state index contributed by atoms with van der Waals surface area (Å²) in [6.07, 6.45) is 16.0. The van der Waals surface area contributed by atoms with E-state index in [9.17, 15) is 0 Å². The molecule has 4 aromatic carbocycles. The third-order valence-corrected chi connectivity index (χ3v) is 13.8. The van der Waals surface area contributed by atoms with Gasteiger partial charge in [0.1, 0.15) is 0 Å². The molecule has 0 spiro atoms. The quantitative estimate of drug-likeness (QED) is 0.184. The van der Waals surface area contributed by atoms with Crippen LogP contribution in [0.15, 0.2) is 114 Å². The smallest absolute Gasteiger partial charge is 0.0433 e. The van der Waals surface area contributed by atoms with E-state index in [1.54, 1.807) is 11.1 Å². The molecule has 1 heterocycles. The molecular formula is C47H46S. The third-order valence-electron chi connectivity index (χ3n) is 12.6. The topological polar surface area (TPSA) is 0 Å². The Morgan fingerprint density at radius 2 is 1.58 bits per heavy atom. The number of allylic oxidation sites excluding steroid dienone is 8. The lowest BCUT2D eigenvalue weighted by molar-refractivity contribution is 0.262. The molecule has 4 aliphatic carbocycles. The van der Waals surface area contributed by atoms with Crippen LogP contribution in [0.3, 0.4) is 0 Å². The van der Waals surface area contributed by atoms with Crippen molar-refractivity contribution in [2.75, 3.05) is 0 Å². The number of aryl methyl sites for hydroxylation is 2. The summed E-state index contributed by atoms with van der Waals surface area (Å²) in [4.78, 5) is 0. The second-order valence-electron chi connectivity index (χ2n) is 15.9. The van der Waals surface area contributed by atoms with E-state index in [4.69, 9.17) is 0 Å². The molecule has 240 valence electrons. The Morgan fingerprint density at radius 1 is 0.771 bits per heavy atom. The first-order chi connectivity index (χ1) is 23.2. The van der Waals surface area contributed by atoms with E-state index in [-0.39, 0.29) is 5.41 Å². The maximum absolute atomic E-state index is 2.54. The summed E-state index contributed by atoms with van der Waals surface area (Å²) >= 11 is 1.97. The van der Waals surface area contributed by atoms with Crippen LogP contribution in [0.5, 0.6) is 0 Å². The van der Waals surface area contributed by atoms with E-state index in [0.717, 1.165) is 11.8 Å². The summed E-state index contributed by atoms with van der Waals surface area (Å²) in [5.74, 6) is 3.07. The van der Waals surface area contributed by atoms with Gasteiger partial charge < -0.3 is 0 Å². The molecule has 1 aromatic heterocycles. The minimum atomic E-state index is 0.00972. The highest BCUT2D eigenvalue weighted by Gasteiger charge is 2.45. The third kappa shape index (κ3) is 4.46. The Labute approximate surface area is 290 Å². The molecule has 9 rings (SSSR count). The molecule has 0 saturated heterocycles. The van der Waals surface area contributed by atoms with Gasteiger partial charge in [-0.2, -0.15) is 0 Å². The van der Waals surface area contributed by atoms with Gasteiger partial charge in [0.15, 0.2) is 0 Å². The fourth-order valence-electron chi connectivity index (χ4n) is 10.1. The van der Waals surface area contributed by atoms with Gasteiger partial charge in [-0.15, -0.1) is 11.3 Å². The zero-order valence-corrected chi connectivity index (χ0v) is 30.0. The van der Waals surface area contributed by atoms with Crippen LogP contribution in [-0.4, -0.2) is 0 Å². The molecular weight excluding hydrogens is 597 g/mol. The number of hydrogen-bond donors (Lipinski definition) is 0.